The molecule has 1 amide bonds. The highest BCUT2D eigenvalue weighted by Gasteiger charge is 2.33. The monoisotopic (exact) mass is 268 g/mol. The molecular formula is C14H24N2O3. The lowest BCUT2D eigenvalue weighted by molar-refractivity contribution is -0.143. The van der Waals surface area contributed by atoms with Crippen LogP contribution in [0.5, 0.6) is 0 Å². The van der Waals surface area contributed by atoms with Gasteiger partial charge in [0.05, 0.1) is 13.5 Å². The Morgan fingerprint density at radius 1 is 1.26 bits per heavy atom. The van der Waals surface area contributed by atoms with Crippen LogP contribution in [-0.4, -0.2) is 49.1 Å². The highest BCUT2D eigenvalue weighted by molar-refractivity contribution is 5.76. The number of nitrogens with zero attached hydrogens (tertiary/aromatic N) is 1. The van der Waals surface area contributed by atoms with E-state index < -0.39 is 0 Å². The van der Waals surface area contributed by atoms with Crippen molar-refractivity contribution in [1.29, 1.82) is 0 Å². The van der Waals surface area contributed by atoms with Gasteiger partial charge in [-0.3, -0.25) is 9.59 Å². The molecule has 1 N–H and O–H groups in total. The number of likely N-dealkylation sites (tertiary alicyclic amines) is 1. The number of hydrogen-bond acceptors (Lipinski definition) is 4. The van der Waals surface area contributed by atoms with Crippen LogP contribution in [0.15, 0.2) is 0 Å². The minimum absolute atomic E-state index is 0.178. The molecule has 0 spiro atoms. The Morgan fingerprint density at radius 3 is 2.58 bits per heavy atom. The summed E-state index contributed by atoms with van der Waals surface area (Å²) in [5.74, 6) is 0.214. The molecule has 19 heavy (non-hydrogen) atoms. The number of methoxy groups -OCH3 is 1. The van der Waals surface area contributed by atoms with Crippen LogP contribution in [0, 0.1) is 5.92 Å². The fourth-order valence-corrected chi connectivity index (χ4v) is 2.80. The van der Waals surface area contributed by atoms with Crippen LogP contribution < -0.4 is 5.32 Å². The summed E-state index contributed by atoms with van der Waals surface area (Å²) in [5.41, 5.74) is 0. The van der Waals surface area contributed by atoms with Crippen molar-refractivity contribution >= 4 is 11.9 Å². The third kappa shape index (κ3) is 4.20. The first-order valence-corrected chi connectivity index (χ1v) is 7.23. The van der Waals surface area contributed by atoms with Crippen LogP contribution in [-0.2, 0) is 14.3 Å². The SMILES string of the molecule is CCC(=O)N1CC(CC(=O)OC)CC(NC2CC2)C1. The van der Waals surface area contributed by atoms with E-state index in [-0.39, 0.29) is 17.8 Å². The van der Waals surface area contributed by atoms with E-state index >= 15 is 0 Å². The summed E-state index contributed by atoms with van der Waals surface area (Å²) in [6.07, 6.45) is 4.37. The minimum atomic E-state index is -0.180. The van der Waals surface area contributed by atoms with E-state index in [1.807, 2.05) is 11.8 Å². The van der Waals surface area contributed by atoms with Gasteiger partial charge in [0.2, 0.25) is 5.91 Å². The first-order chi connectivity index (χ1) is 9.12. The highest BCUT2D eigenvalue weighted by Crippen LogP contribution is 2.25. The molecule has 0 bridgehead atoms. The van der Waals surface area contributed by atoms with E-state index in [4.69, 9.17) is 4.74 Å². The van der Waals surface area contributed by atoms with Crippen molar-refractivity contribution in [3.8, 4) is 0 Å². The predicted molar refractivity (Wildman–Crippen MR) is 71.6 cm³/mol. The molecule has 1 heterocycles. The van der Waals surface area contributed by atoms with E-state index in [0.717, 1.165) is 13.0 Å². The molecule has 2 rings (SSSR count). The number of rotatable bonds is 5. The van der Waals surface area contributed by atoms with Crippen LogP contribution in [0.1, 0.15) is 39.0 Å². The Labute approximate surface area is 114 Å². The second-order valence-electron chi connectivity index (χ2n) is 5.67. The molecule has 0 aromatic carbocycles. The second kappa shape index (κ2) is 6.37. The molecule has 1 aliphatic heterocycles. The molecule has 2 fully saturated rings. The van der Waals surface area contributed by atoms with E-state index in [9.17, 15) is 9.59 Å². The topological polar surface area (TPSA) is 58.6 Å². The van der Waals surface area contributed by atoms with E-state index in [1.165, 1.54) is 20.0 Å². The van der Waals surface area contributed by atoms with Crippen molar-refractivity contribution < 1.29 is 14.3 Å². The summed E-state index contributed by atoms with van der Waals surface area (Å²) in [6, 6.07) is 0.951. The highest BCUT2D eigenvalue weighted by atomic mass is 16.5. The van der Waals surface area contributed by atoms with Crippen molar-refractivity contribution in [2.45, 2.75) is 51.1 Å². The number of carbonyl (C=O) groups is 2. The smallest absolute Gasteiger partial charge is 0.305 e. The Hall–Kier alpha value is -1.10. The first kappa shape index (κ1) is 14.3. The standard InChI is InChI=1S/C14H24N2O3/c1-3-13(17)16-8-10(7-14(18)19-2)6-12(9-16)15-11-4-5-11/h10-12,15H,3-9H2,1-2H3. The van der Waals surface area contributed by atoms with Crippen molar-refractivity contribution in [3.05, 3.63) is 0 Å². The Morgan fingerprint density at radius 2 is 2.00 bits per heavy atom. The molecule has 0 aromatic rings. The number of carbonyl (C=O) groups excluding carboxylic acids is 2. The number of ether oxygens (including phenoxy) is 1. The third-order valence-corrected chi connectivity index (χ3v) is 3.92. The van der Waals surface area contributed by atoms with Crippen LogP contribution in [0.2, 0.25) is 0 Å². The van der Waals surface area contributed by atoms with Gasteiger partial charge in [-0.05, 0) is 25.2 Å². The van der Waals surface area contributed by atoms with Gasteiger partial charge in [0.1, 0.15) is 0 Å². The summed E-state index contributed by atoms with van der Waals surface area (Å²) in [4.78, 5) is 25.2. The Balaban J connectivity index is 1.93. The number of hydrogen-bond donors (Lipinski definition) is 1. The maximum absolute atomic E-state index is 11.9. The molecule has 2 atom stereocenters. The van der Waals surface area contributed by atoms with Crippen LogP contribution in [0.25, 0.3) is 0 Å². The molecule has 108 valence electrons. The fraction of sp³-hybridized carbons (Fsp3) is 0.857. The van der Waals surface area contributed by atoms with E-state index in [2.05, 4.69) is 5.32 Å². The molecule has 0 aromatic heterocycles. The largest absolute Gasteiger partial charge is 0.469 e. The average molecular weight is 268 g/mol. The zero-order chi connectivity index (χ0) is 13.8. The van der Waals surface area contributed by atoms with Gasteiger partial charge in [-0.1, -0.05) is 6.92 Å². The molecule has 1 saturated heterocycles. The number of esters is 1. The molecule has 0 radical (unpaired) electrons. The lowest BCUT2D eigenvalue weighted by atomic mass is 9.91. The van der Waals surface area contributed by atoms with Gasteiger partial charge in [0.25, 0.3) is 0 Å². The van der Waals surface area contributed by atoms with Gasteiger partial charge < -0.3 is 15.0 Å². The normalized spacial score (nSPS) is 27.2. The molecule has 5 heteroatoms. The lowest BCUT2D eigenvalue weighted by Gasteiger charge is -2.38. The van der Waals surface area contributed by atoms with Gasteiger partial charge in [0.15, 0.2) is 0 Å². The molecule has 5 nitrogen and oxygen atoms in total. The number of nitrogens with one attached hydrogen (secondary N) is 1. The molecule has 1 saturated carbocycles. The van der Waals surface area contributed by atoms with Crippen molar-refractivity contribution in [2.24, 2.45) is 5.92 Å². The van der Waals surface area contributed by atoms with E-state index in [1.54, 1.807) is 0 Å². The maximum atomic E-state index is 11.9. The van der Waals surface area contributed by atoms with Gasteiger partial charge in [-0.25, -0.2) is 0 Å². The lowest BCUT2D eigenvalue weighted by Crippen LogP contribution is -2.52. The van der Waals surface area contributed by atoms with Crippen molar-refractivity contribution in [1.82, 2.24) is 10.2 Å². The first-order valence-electron chi connectivity index (χ1n) is 7.23. The van der Waals surface area contributed by atoms with Gasteiger partial charge >= 0.3 is 5.97 Å². The van der Waals surface area contributed by atoms with Crippen LogP contribution in [0.3, 0.4) is 0 Å². The second-order valence-corrected chi connectivity index (χ2v) is 5.67. The summed E-state index contributed by atoms with van der Waals surface area (Å²) in [5, 5.41) is 3.58. The zero-order valence-electron chi connectivity index (χ0n) is 11.9. The van der Waals surface area contributed by atoms with E-state index in [0.29, 0.717) is 31.5 Å². The average Bonchev–Trinajstić information content (AvgIpc) is 3.21. The quantitative estimate of drug-likeness (QED) is 0.754. The minimum Gasteiger partial charge on any atom is -0.469 e. The third-order valence-electron chi connectivity index (χ3n) is 3.92. The van der Waals surface area contributed by atoms with Crippen molar-refractivity contribution in [2.75, 3.05) is 20.2 Å². The number of piperidine rings is 1. The summed E-state index contributed by atoms with van der Waals surface area (Å²) < 4.78 is 4.74. The zero-order valence-corrected chi connectivity index (χ0v) is 11.9. The van der Waals surface area contributed by atoms with Crippen LogP contribution >= 0.6 is 0 Å². The molecule has 2 unspecified atom stereocenters. The van der Waals surface area contributed by atoms with Crippen molar-refractivity contribution in [3.63, 3.8) is 0 Å². The van der Waals surface area contributed by atoms with Gasteiger partial charge in [0, 0.05) is 31.6 Å². The summed E-state index contributed by atoms with van der Waals surface area (Å²) in [7, 11) is 1.42. The predicted octanol–water partition coefficient (Wildman–Crippen LogP) is 0.929. The Kier molecular flexibility index (Phi) is 4.80. The van der Waals surface area contributed by atoms with Crippen LogP contribution in [0.4, 0.5) is 0 Å². The summed E-state index contributed by atoms with van der Waals surface area (Å²) in [6.45, 7) is 3.35. The number of amides is 1. The fourth-order valence-electron chi connectivity index (χ4n) is 2.80. The Bertz CT molecular complexity index is 342. The maximum Gasteiger partial charge on any atom is 0.305 e. The molecule has 2 aliphatic rings. The molecule has 1 aliphatic carbocycles. The summed E-state index contributed by atoms with van der Waals surface area (Å²) >= 11 is 0. The van der Waals surface area contributed by atoms with Gasteiger partial charge in [-0.2, -0.15) is 0 Å². The molecular weight excluding hydrogens is 244 g/mol. The van der Waals surface area contributed by atoms with Gasteiger partial charge in [-0.15, -0.1) is 0 Å².